The predicted molar refractivity (Wildman–Crippen MR) is 148 cm³/mol. The van der Waals surface area contributed by atoms with Crippen LogP contribution in [0.25, 0.3) is 0 Å². The number of hydrogen-bond donors (Lipinski definition) is 8. The third-order valence-corrected chi connectivity index (χ3v) is 8.29. The van der Waals surface area contributed by atoms with Gasteiger partial charge in [-0.1, -0.05) is 18.2 Å². The number of aliphatic hydroxyl groups is 4. The van der Waals surface area contributed by atoms with Gasteiger partial charge in [0.1, 0.15) is 23.9 Å². The molecular formula is C27H32N6O11. The number of hydrogen-bond acceptors (Lipinski definition) is 12. The standard InChI is InChI=1S/C27H32N6O11/c1-27(18-17(19(31-27)13(35)11-34)22(40)33(23(18)41)12-5-3-2-4-6-12)25(42)29-10-16(37)28-9-14-20(38)21(39)24(44-14)32-8-7-15(36)30-26(32)43/h2-8,13-14,17-21,24,31,34-35,38-39H,9-11H2,1H3,(H,28,37)(H,29,42)(H,30,36,43)/t13?,14-,17-,18-,19-,20-,21-,24-,27-/m1/s1. The molecular weight excluding hydrogens is 584 g/mol. The van der Waals surface area contributed by atoms with Gasteiger partial charge in [-0.2, -0.15) is 0 Å². The maximum absolute atomic E-state index is 13.6. The lowest BCUT2D eigenvalue weighted by Gasteiger charge is -2.30. The Labute approximate surface area is 248 Å². The highest BCUT2D eigenvalue weighted by Crippen LogP contribution is 2.45. The molecule has 2 aromatic rings. The second-order valence-electron chi connectivity index (χ2n) is 11.0. The number of benzene rings is 1. The molecule has 4 heterocycles. The van der Waals surface area contributed by atoms with Crippen LogP contribution in [-0.2, 0) is 23.9 Å². The molecule has 0 saturated carbocycles. The Morgan fingerprint density at radius 3 is 2.41 bits per heavy atom. The molecule has 0 radical (unpaired) electrons. The minimum absolute atomic E-state index is 0.283. The van der Waals surface area contributed by atoms with Gasteiger partial charge in [0.25, 0.3) is 5.56 Å². The van der Waals surface area contributed by atoms with Crippen molar-refractivity contribution in [2.45, 2.75) is 49.1 Å². The minimum Gasteiger partial charge on any atom is -0.394 e. The van der Waals surface area contributed by atoms with E-state index in [1.165, 1.54) is 6.92 Å². The maximum Gasteiger partial charge on any atom is 0.330 e. The summed E-state index contributed by atoms with van der Waals surface area (Å²) < 4.78 is 6.42. The SMILES string of the molecule is C[C@@]1(C(=O)NCC(=O)NC[C@H]2O[C@@H](n3ccc(=O)[nH]c3=O)[C@H](O)[C@@H]2O)N[C@H](C(O)CO)[C@@H]2C(=O)N(c3ccccc3)C(=O)[C@@H]21. The number of fused-ring (bicyclic) bond motifs is 1. The lowest BCUT2D eigenvalue weighted by Crippen LogP contribution is -2.61. The Kier molecular flexibility index (Phi) is 8.52. The van der Waals surface area contributed by atoms with Gasteiger partial charge < -0.3 is 35.8 Å². The topological polar surface area (TPSA) is 253 Å². The van der Waals surface area contributed by atoms with Crippen LogP contribution in [0.2, 0.25) is 0 Å². The fraction of sp³-hybridized carbons (Fsp3) is 0.481. The van der Waals surface area contributed by atoms with E-state index in [4.69, 9.17) is 4.74 Å². The van der Waals surface area contributed by atoms with Gasteiger partial charge in [0, 0.05) is 24.8 Å². The van der Waals surface area contributed by atoms with Crippen molar-refractivity contribution < 1.29 is 44.3 Å². The summed E-state index contributed by atoms with van der Waals surface area (Å²) in [6.07, 6.45) is -5.97. The van der Waals surface area contributed by atoms with Crippen LogP contribution in [0.5, 0.6) is 0 Å². The Hall–Kier alpha value is -4.26. The van der Waals surface area contributed by atoms with Crippen molar-refractivity contribution in [2.75, 3.05) is 24.6 Å². The highest BCUT2D eigenvalue weighted by atomic mass is 16.6. The molecule has 236 valence electrons. The summed E-state index contributed by atoms with van der Waals surface area (Å²) in [7, 11) is 0. The lowest BCUT2D eigenvalue weighted by atomic mass is 9.80. The monoisotopic (exact) mass is 616 g/mol. The van der Waals surface area contributed by atoms with Crippen LogP contribution < -0.4 is 32.1 Å². The first kappa shape index (κ1) is 31.2. The third kappa shape index (κ3) is 5.33. The molecule has 3 aliphatic rings. The number of amides is 4. The van der Waals surface area contributed by atoms with Crippen LogP contribution in [0.15, 0.2) is 52.2 Å². The molecule has 3 saturated heterocycles. The van der Waals surface area contributed by atoms with E-state index in [0.29, 0.717) is 0 Å². The summed E-state index contributed by atoms with van der Waals surface area (Å²) in [5.74, 6) is -5.33. The molecule has 1 unspecified atom stereocenters. The van der Waals surface area contributed by atoms with Crippen molar-refractivity contribution in [3.05, 3.63) is 63.4 Å². The second kappa shape index (κ2) is 12.0. The molecule has 5 rings (SSSR count). The number of imide groups is 1. The van der Waals surface area contributed by atoms with Gasteiger partial charge in [0.2, 0.25) is 23.6 Å². The maximum atomic E-state index is 13.6. The van der Waals surface area contributed by atoms with Crippen molar-refractivity contribution in [3.8, 4) is 0 Å². The molecule has 3 fully saturated rings. The molecule has 9 atom stereocenters. The number of para-hydroxylation sites is 1. The Morgan fingerprint density at radius 2 is 1.75 bits per heavy atom. The summed E-state index contributed by atoms with van der Waals surface area (Å²) in [6.45, 7) is -0.301. The van der Waals surface area contributed by atoms with Crippen LogP contribution in [-0.4, -0.2) is 109 Å². The van der Waals surface area contributed by atoms with Crippen molar-refractivity contribution in [1.82, 2.24) is 25.5 Å². The largest absolute Gasteiger partial charge is 0.394 e. The van der Waals surface area contributed by atoms with Gasteiger partial charge in [-0.15, -0.1) is 0 Å². The smallest absolute Gasteiger partial charge is 0.330 e. The fourth-order valence-corrected chi connectivity index (χ4v) is 6.05. The number of nitrogens with zero attached hydrogens (tertiary/aromatic N) is 2. The first-order chi connectivity index (χ1) is 20.9. The average Bonchev–Trinajstić information content (AvgIpc) is 3.58. The molecule has 0 aliphatic carbocycles. The Morgan fingerprint density at radius 1 is 1.05 bits per heavy atom. The van der Waals surface area contributed by atoms with E-state index in [1.807, 2.05) is 4.98 Å². The summed E-state index contributed by atoms with van der Waals surface area (Å²) in [4.78, 5) is 79.3. The third-order valence-electron chi connectivity index (χ3n) is 8.29. The van der Waals surface area contributed by atoms with Crippen molar-refractivity contribution in [1.29, 1.82) is 0 Å². The highest BCUT2D eigenvalue weighted by Gasteiger charge is 2.67. The number of aromatic nitrogens is 2. The van der Waals surface area contributed by atoms with Crippen molar-refractivity contribution in [2.24, 2.45) is 11.8 Å². The van der Waals surface area contributed by atoms with Crippen LogP contribution in [0, 0.1) is 11.8 Å². The first-order valence-corrected chi connectivity index (χ1v) is 13.8. The Balaban J connectivity index is 1.23. The van der Waals surface area contributed by atoms with E-state index < -0.39 is 102 Å². The molecule has 1 aromatic heterocycles. The summed E-state index contributed by atoms with van der Waals surface area (Å²) >= 11 is 0. The lowest BCUT2D eigenvalue weighted by molar-refractivity contribution is -0.134. The van der Waals surface area contributed by atoms with Gasteiger partial charge in [0.05, 0.1) is 36.8 Å². The predicted octanol–water partition coefficient (Wildman–Crippen LogP) is -4.72. The number of anilines is 1. The number of carbonyl (C=O) groups is 4. The van der Waals surface area contributed by atoms with E-state index >= 15 is 0 Å². The van der Waals surface area contributed by atoms with E-state index in [9.17, 15) is 49.2 Å². The number of nitrogens with one attached hydrogen (secondary N) is 4. The van der Waals surface area contributed by atoms with Gasteiger partial charge in [0.15, 0.2) is 6.23 Å². The second-order valence-corrected chi connectivity index (χ2v) is 11.0. The normalized spacial score (nSPS) is 32.0. The van der Waals surface area contributed by atoms with Gasteiger partial charge in [-0.3, -0.25) is 38.8 Å². The average molecular weight is 617 g/mol. The zero-order valence-electron chi connectivity index (χ0n) is 23.3. The Bertz CT molecular complexity index is 1560. The number of aliphatic hydroxyl groups excluding tert-OH is 4. The molecule has 4 amide bonds. The van der Waals surface area contributed by atoms with Crippen LogP contribution in [0.1, 0.15) is 13.2 Å². The molecule has 17 heteroatoms. The van der Waals surface area contributed by atoms with E-state index in [2.05, 4.69) is 16.0 Å². The number of carbonyl (C=O) groups excluding carboxylic acids is 4. The quantitative estimate of drug-likeness (QED) is 0.124. The summed E-state index contributed by atoms with van der Waals surface area (Å²) in [5, 5.41) is 48.5. The molecule has 0 spiro atoms. The number of rotatable bonds is 9. The molecule has 3 aliphatic heterocycles. The van der Waals surface area contributed by atoms with Gasteiger partial charge in [-0.05, 0) is 19.1 Å². The zero-order valence-corrected chi connectivity index (χ0v) is 23.3. The van der Waals surface area contributed by atoms with Crippen molar-refractivity contribution in [3.63, 3.8) is 0 Å². The molecule has 8 N–H and O–H groups in total. The van der Waals surface area contributed by atoms with Gasteiger partial charge >= 0.3 is 5.69 Å². The van der Waals surface area contributed by atoms with Crippen LogP contribution in [0.4, 0.5) is 5.69 Å². The molecule has 0 bridgehead atoms. The van der Waals surface area contributed by atoms with Crippen LogP contribution >= 0.6 is 0 Å². The number of ether oxygens (including phenoxy) is 1. The van der Waals surface area contributed by atoms with E-state index in [0.717, 1.165) is 21.7 Å². The zero-order chi connectivity index (χ0) is 31.9. The number of aromatic amines is 1. The molecule has 44 heavy (non-hydrogen) atoms. The molecule has 1 aromatic carbocycles. The minimum atomic E-state index is -1.76. The summed E-state index contributed by atoms with van der Waals surface area (Å²) in [6, 6.07) is 7.95. The number of H-pyrrole nitrogens is 1. The molecule has 17 nitrogen and oxygen atoms in total. The summed E-state index contributed by atoms with van der Waals surface area (Å²) in [5.41, 5.74) is -3.01. The first-order valence-electron chi connectivity index (χ1n) is 13.8. The van der Waals surface area contributed by atoms with E-state index in [1.54, 1.807) is 30.3 Å². The van der Waals surface area contributed by atoms with Crippen LogP contribution in [0.3, 0.4) is 0 Å². The van der Waals surface area contributed by atoms with E-state index in [-0.39, 0.29) is 12.2 Å². The fourth-order valence-electron chi connectivity index (χ4n) is 6.05. The van der Waals surface area contributed by atoms with Crippen molar-refractivity contribution >= 4 is 29.3 Å². The highest BCUT2D eigenvalue weighted by molar-refractivity contribution is 6.24. The van der Waals surface area contributed by atoms with Gasteiger partial charge in [-0.25, -0.2) is 9.69 Å².